The topological polar surface area (TPSA) is 99.1 Å². The van der Waals surface area contributed by atoms with Crippen molar-refractivity contribution in [1.29, 1.82) is 0 Å². The van der Waals surface area contributed by atoms with Gasteiger partial charge >= 0.3 is 12.1 Å². The van der Waals surface area contributed by atoms with Crippen LogP contribution in [0.25, 0.3) is 21.3 Å². The third-order valence-electron chi connectivity index (χ3n) is 4.89. The molecule has 166 valence electrons. The van der Waals surface area contributed by atoms with Crippen molar-refractivity contribution in [3.63, 3.8) is 0 Å². The zero-order chi connectivity index (χ0) is 22.9. The Morgan fingerprint density at radius 3 is 2.88 bits per heavy atom. The van der Waals surface area contributed by atoms with Gasteiger partial charge < -0.3 is 14.8 Å². The summed E-state index contributed by atoms with van der Waals surface area (Å²) in [5, 5.41) is 3.78. The van der Waals surface area contributed by atoms with E-state index in [9.17, 15) is 9.18 Å². The number of ether oxygens (including phenoxy) is 2. The Balaban J connectivity index is 1.50. The van der Waals surface area contributed by atoms with E-state index in [-0.39, 0.29) is 31.0 Å². The number of anilines is 2. The van der Waals surface area contributed by atoms with Crippen LogP contribution in [-0.2, 0) is 4.74 Å². The summed E-state index contributed by atoms with van der Waals surface area (Å²) in [4.78, 5) is 24.8. The van der Waals surface area contributed by atoms with Crippen LogP contribution in [0, 0.1) is 6.08 Å². The van der Waals surface area contributed by atoms with E-state index < -0.39 is 6.08 Å². The number of aromatic nitrogens is 4. The minimum atomic E-state index is -1.02. The van der Waals surface area contributed by atoms with E-state index in [1.165, 1.54) is 11.5 Å². The highest BCUT2D eigenvalue weighted by Crippen LogP contribution is 2.46. The van der Waals surface area contributed by atoms with Crippen LogP contribution in [0.3, 0.4) is 0 Å². The highest BCUT2D eigenvalue weighted by atomic mass is 79.9. The van der Waals surface area contributed by atoms with Crippen LogP contribution in [0.2, 0.25) is 0 Å². The minimum absolute atomic E-state index is 0.0934. The maximum atomic E-state index is 14.0. The average molecular weight is 528 g/mol. The third-order valence-corrected chi connectivity index (χ3v) is 6.36. The summed E-state index contributed by atoms with van der Waals surface area (Å²) in [5.41, 5.74) is 2.77. The minimum Gasteiger partial charge on any atom is -0.461 e. The van der Waals surface area contributed by atoms with Crippen LogP contribution >= 0.6 is 27.5 Å². The summed E-state index contributed by atoms with van der Waals surface area (Å²) in [6, 6.07) is 8.84. The van der Waals surface area contributed by atoms with E-state index in [0.29, 0.717) is 29.0 Å². The standard InChI is InChI=1S/C22H15BrFN5O3S/c1-2-8-31-9-10-32-22-27-20(24)26-21(28-22)25-13-7-6-12(23)16-17(13)19(30)11-4-3-5-14-15(11)18(16)29-33-14/h2-7H,1,8-10H2,(H,25,26,27,28). The van der Waals surface area contributed by atoms with Gasteiger partial charge in [0.15, 0.2) is 5.78 Å². The Hall–Kier alpha value is -3.28. The zero-order valence-electron chi connectivity index (χ0n) is 17.0. The van der Waals surface area contributed by atoms with E-state index >= 15 is 0 Å². The number of fused-ring (bicyclic) bond motifs is 2. The molecule has 0 spiro atoms. The number of benzene rings is 2. The molecule has 0 fully saturated rings. The van der Waals surface area contributed by atoms with Gasteiger partial charge in [-0.15, -0.1) is 11.6 Å². The van der Waals surface area contributed by atoms with Crippen LogP contribution in [0.15, 0.2) is 47.5 Å². The van der Waals surface area contributed by atoms with Gasteiger partial charge in [-0.3, -0.25) is 4.79 Å². The maximum absolute atomic E-state index is 14.0. The molecule has 0 amide bonds. The maximum Gasteiger partial charge on any atom is 0.323 e. The van der Waals surface area contributed by atoms with Crippen molar-refractivity contribution in [1.82, 2.24) is 19.3 Å². The normalized spacial score (nSPS) is 12.0. The second kappa shape index (κ2) is 8.93. The number of carbonyl (C=O) groups excluding carboxylic acids is 1. The summed E-state index contributed by atoms with van der Waals surface area (Å²) in [7, 11) is 0. The largest absolute Gasteiger partial charge is 0.461 e. The second-order valence-electron chi connectivity index (χ2n) is 6.93. The summed E-state index contributed by atoms with van der Waals surface area (Å²) in [6.07, 6.45) is 0.596. The van der Waals surface area contributed by atoms with Gasteiger partial charge in [-0.25, -0.2) is 0 Å². The van der Waals surface area contributed by atoms with E-state index in [0.717, 1.165) is 20.3 Å². The lowest BCUT2D eigenvalue weighted by Gasteiger charge is -2.20. The van der Waals surface area contributed by atoms with Crippen LogP contribution < -0.4 is 10.1 Å². The van der Waals surface area contributed by atoms with E-state index in [1.54, 1.807) is 24.3 Å². The summed E-state index contributed by atoms with van der Waals surface area (Å²) < 4.78 is 30.9. The molecule has 2 aromatic carbocycles. The van der Waals surface area contributed by atoms with Crippen molar-refractivity contribution in [2.45, 2.75) is 0 Å². The highest BCUT2D eigenvalue weighted by Gasteiger charge is 2.31. The quantitative estimate of drug-likeness (QED) is 0.224. The Labute approximate surface area is 199 Å². The van der Waals surface area contributed by atoms with Gasteiger partial charge in [-0.05, 0) is 29.7 Å². The smallest absolute Gasteiger partial charge is 0.323 e. The lowest BCUT2D eigenvalue weighted by atomic mass is 9.86. The summed E-state index contributed by atoms with van der Waals surface area (Å²) in [5.74, 6) is -0.262. The van der Waals surface area contributed by atoms with E-state index in [2.05, 4.69) is 47.2 Å². The molecule has 11 heteroatoms. The molecule has 1 N–H and O–H groups in total. The molecule has 0 aliphatic heterocycles. The number of nitrogens with one attached hydrogen (secondary N) is 1. The molecule has 0 radical (unpaired) electrons. The number of nitrogens with zero attached hydrogens (tertiary/aromatic N) is 4. The van der Waals surface area contributed by atoms with Gasteiger partial charge in [0, 0.05) is 21.0 Å². The lowest BCUT2D eigenvalue weighted by Crippen LogP contribution is -2.14. The molecule has 1 aliphatic carbocycles. The van der Waals surface area contributed by atoms with Crippen LogP contribution in [0.1, 0.15) is 15.9 Å². The SMILES string of the molecule is C=CCOCCOc1nc(F)nc(Nc2ccc(Br)c3c2C(=O)c2cccc4snc-3c24)n1. The predicted molar refractivity (Wildman–Crippen MR) is 126 cm³/mol. The fourth-order valence-electron chi connectivity index (χ4n) is 3.57. The highest BCUT2D eigenvalue weighted by molar-refractivity contribution is 9.10. The average Bonchev–Trinajstić information content (AvgIpc) is 3.23. The first-order chi connectivity index (χ1) is 16.1. The molecule has 1 aliphatic rings. The fraction of sp³-hybridized carbons (Fsp3) is 0.136. The summed E-state index contributed by atoms with van der Waals surface area (Å²) in [6.45, 7) is 4.31. The Morgan fingerprint density at radius 2 is 2.03 bits per heavy atom. The van der Waals surface area contributed by atoms with Crippen LogP contribution in [0.4, 0.5) is 16.0 Å². The zero-order valence-corrected chi connectivity index (χ0v) is 19.4. The lowest BCUT2D eigenvalue weighted by molar-refractivity contribution is 0.104. The summed E-state index contributed by atoms with van der Waals surface area (Å²) >= 11 is 4.88. The fourth-order valence-corrected chi connectivity index (χ4v) is 4.89. The van der Waals surface area contributed by atoms with Crippen molar-refractivity contribution >= 4 is 55.0 Å². The molecule has 0 unspecified atom stereocenters. The molecule has 0 bridgehead atoms. The molecular formula is C22H15BrFN5O3S. The molecule has 0 saturated heterocycles. The number of hydrogen-bond acceptors (Lipinski definition) is 9. The Bertz CT molecular complexity index is 1410. The Kier molecular flexibility index (Phi) is 5.83. The van der Waals surface area contributed by atoms with Crippen molar-refractivity contribution in [3.8, 4) is 17.3 Å². The molecule has 8 nitrogen and oxygen atoms in total. The van der Waals surface area contributed by atoms with Gasteiger partial charge in [-0.2, -0.15) is 18.7 Å². The number of halogens is 2. The number of ketones is 1. The van der Waals surface area contributed by atoms with Gasteiger partial charge in [0.1, 0.15) is 6.61 Å². The predicted octanol–water partition coefficient (Wildman–Crippen LogP) is 4.92. The van der Waals surface area contributed by atoms with E-state index in [4.69, 9.17) is 9.47 Å². The van der Waals surface area contributed by atoms with Gasteiger partial charge in [0.2, 0.25) is 5.95 Å². The first kappa shape index (κ1) is 21.6. The molecule has 0 saturated carbocycles. The van der Waals surface area contributed by atoms with E-state index in [1.807, 2.05) is 12.1 Å². The van der Waals surface area contributed by atoms with Crippen LogP contribution in [0.5, 0.6) is 6.01 Å². The molecule has 4 aromatic rings. The molecule has 5 rings (SSSR count). The molecule has 0 atom stereocenters. The second-order valence-corrected chi connectivity index (χ2v) is 8.59. The first-order valence-electron chi connectivity index (χ1n) is 9.83. The Morgan fingerprint density at radius 1 is 1.15 bits per heavy atom. The molecule has 2 heterocycles. The van der Waals surface area contributed by atoms with Crippen molar-refractivity contribution < 1.29 is 18.7 Å². The molecular weight excluding hydrogens is 513 g/mol. The monoisotopic (exact) mass is 527 g/mol. The van der Waals surface area contributed by atoms with Gasteiger partial charge in [0.05, 0.1) is 34.9 Å². The van der Waals surface area contributed by atoms with Gasteiger partial charge in [0.25, 0.3) is 0 Å². The third kappa shape index (κ3) is 3.99. The van der Waals surface area contributed by atoms with Crippen molar-refractivity contribution in [2.24, 2.45) is 0 Å². The molecule has 33 heavy (non-hydrogen) atoms. The number of carbonyl (C=O) groups is 1. The number of hydrogen-bond donors (Lipinski definition) is 1. The van der Waals surface area contributed by atoms with Crippen molar-refractivity contribution in [3.05, 3.63) is 64.7 Å². The van der Waals surface area contributed by atoms with Crippen LogP contribution in [-0.4, -0.2) is 44.9 Å². The van der Waals surface area contributed by atoms with Gasteiger partial charge in [-0.1, -0.05) is 34.1 Å². The van der Waals surface area contributed by atoms with Crippen molar-refractivity contribution in [2.75, 3.05) is 25.1 Å². The first-order valence-corrected chi connectivity index (χ1v) is 11.4. The molecule has 2 aromatic heterocycles. The number of rotatable bonds is 8.